The van der Waals surface area contributed by atoms with Crippen LogP contribution in [0, 0.1) is 29.6 Å². The van der Waals surface area contributed by atoms with Crippen LogP contribution in [0.4, 0.5) is 5.69 Å². The first kappa shape index (κ1) is 18.4. The zero-order valence-corrected chi connectivity index (χ0v) is 17.2. The molecule has 2 aliphatic carbocycles. The molecule has 2 aromatic carbocycles. The number of carbonyl (C=O) groups excluding carboxylic acids is 2. The number of hydrogen-bond donors (Lipinski definition) is 0. The van der Waals surface area contributed by atoms with Gasteiger partial charge in [-0.15, -0.1) is 0 Å². The van der Waals surface area contributed by atoms with Gasteiger partial charge >= 0.3 is 0 Å². The number of rotatable bonds is 4. The Morgan fingerprint density at radius 1 is 0.935 bits per heavy atom. The zero-order chi connectivity index (χ0) is 21.3. The molecule has 31 heavy (non-hydrogen) atoms. The van der Waals surface area contributed by atoms with Gasteiger partial charge in [-0.3, -0.25) is 14.5 Å². The van der Waals surface area contributed by atoms with E-state index in [1.807, 2.05) is 48.5 Å². The Labute approximate surface area is 179 Å². The van der Waals surface area contributed by atoms with E-state index in [1.165, 1.54) is 4.90 Å². The van der Waals surface area contributed by atoms with Crippen LogP contribution in [-0.2, 0) is 14.4 Å². The number of amides is 2. The van der Waals surface area contributed by atoms with Gasteiger partial charge in [-0.2, -0.15) is 0 Å². The first-order valence-electron chi connectivity index (χ1n) is 10.5. The highest BCUT2D eigenvalue weighted by Gasteiger charge is 2.70. The summed E-state index contributed by atoms with van der Waals surface area (Å²) >= 11 is 0. The van der Waals surface area contributed by atoms with Gasteiger partial charge < -0.3 is 14.3 Å². The Bertz CT molecular complexity index is 1110. The van der Waals surface area contributed by atoms with Gasteiger partial charge in [0.25, 0.3) is 0 Å². The number of benzene rings is 2. The predicted octanol–water partition coefficient (Wildman–Crippen LogP) is 2.88. The Balaban J connectivity index is 1.36. The topological polar surface area (TPSA) is 77.4 Å². The van der Waals surface area contributed by atoms with E-state index >= 15 is 0 Å². The van der Waals surface area contributed by atoms with E-state index in [-0.39, 0.29) is 47.5 Å². The van der Waals surface area contributed by atoms with Crippen LogP contribution in [0.5, 0.6) is 11.5 Å². The number of fused-ring (bicyclic) bond motifs is 8. The average molecular weight is 418 g/mol. The molecule has 0 aromatic heterocycles. The van der Waals surface area contributed by atoms with Crippen molar-refractivity contribution < 1.29 is 23.9 Å². The summed E-state index contributed by atoms with van der Waals surface area (Å²) in [6, 6.07) is 14.8. The summed E-state index contributed by atoms with van der Waals surface area (Å²) in [4.78, 5) is 33.9. The Morgan fingerprint density at radius 2 is 1.68 bits per heavy atom. The third kappa shape index (κ3) is 2.37. The highest BCUT2D eigenvalue weighted by molar-refractivity contribution is 6.23. The van der Waals surface area contributed by atoms with Crippen molar-refractivity contribution in [3.8, 4) is 11.5 Å². The second-order valence-corrected chi connectivity index (χ2v) is 8.60. The molecule has 3 fully saturated rings. The number of para-hydroxylation sites is 1. The lowest BCUT2D eigenvalue weighted by Crippen LogP contribution is -2.41. The van der Waals surface area contributed by atoms with Crippen molar-refractivity contribution >= 4 is 23.2 Å². The van der Waals surface area contributed by atoms with E-state index in [9.17, 15) is 9.59 Å². The molecule has 158 valence electrons. The molecule has 2 saturated carbocycles. The van der Waals surface area contributed by atoms with Crippen LogP contribution >= 0.6 is 0 Å². The van der Waals surface area contributed by atoms with E-state index in [1.54, 1.807) is 14.2 Å². The fraction of sp³-hybridized carbons (Fsp3) is 0.375. The molecule has 4 aliphatic rings. The van der Waals surface area contributed by atoms with Crippen LogP contribution in [-0.4, -0.2) is 37.8 Å². The summed E-state index contributed by atoms with van der Waals surface area (Å²) in [5.41, 5.74) is 2.29. The Kier molecular flexibility index (Phi) is 3.91. The first-order chi connectivity index (χ1) is 15.1. The van der Waals surface area contributed by atoms with E-state index in [0.717, 1.165) is 17.7 Å². The zero-order valence-electron chi connectivity index (χ0n) is 17.2. The van der Waals surface area contributed by atoms with Crippen LogP contribution in [0.15, 0.2) is 53.7 Å². The lowest BCUT2D eigenvalue weighted by atomic mass is 9.71. The van der Waals surface area contributed by atoms with Crippen LogP contribution < -0.4 is 14.4 Å². The van der Waals surface area contributed by atoms with E-state index in [2.05, 4.69) is 5.16 Å². The van der Waals surface area contributed by atoms with Gasteiger partial charge in [-0.1, -0.05) is 23.4 Å². The summed E-state index contributed by atoms with van der Waals surface area (Å²) < 4.78 is 10.9. The van der Waals surface area contributed by atoms with Crippen molar-refractivity contribution in [2.45, 2.75) is 12.5 Å². The molecular formula is C24H22N2O5. The Morgan fingerprint density at radius 3 is 2.39 bits per heavy atom. The molecule has 6 atom stereocenters. The number of nitrogens with zero attached hydrogens (tertiary/aromatic N) is 2. The normalized spacial score (nSPS) is 32.6. The van der Waals surface area contributed by atoms with Gasteiger partial charge in [0.05, 0.1) is 37.5 Å². The Hall–Kier alpha value is -3.35. The largest absolute Gasteiger partial charge is 0.497 e. The monoisotopic (exact) mass is 418 g/mol. The van der Waals surface area contributed by atoms with Crippen LogP contribution in [0.25, 0.3) is 0 Å². The highest BCUT2D eigenvalue weighted by Crippen LogP contribution is 2.62. The third-order valence-electron chi connectivity index (χ3n) is 7.39. The van der Waals surface area contributed by atoms with Gasteiger partial charge in [0.15, 0.2) is 0 Å². The van der Waals surface area contributed by atoms with Gasteiger partial charge in [0.1, 0.15) is 17.6 Å². The molecule has 0 spiro atoms. The van der Waals surface area contributed by atoms with Gasteiger partial charge in [0.2, 0.25) is 11.8 Å². The minimum Gasteiger partial charge on any atom is -0.497 e. The van der Waals surface area contributed by atoms with E-state index in [4.69, 9.17) is 14.3 Å². The van der Waals surface area contributed by atoms with Crippen LogP contribution in [0.2, 0.25) is 0 Å². The van der Waals surface area contributed by atoms with Crippen LogP contribution in [0.3, 0.4) is 0 Å². The van der Waals surface area contributed by atoms with Crippen molar-refractivity contribution in [2.24, 2.45) is 34.7 Å². The number of carbonyl (C=O) groups is 2. The average Bonchev–Trinajstić information content (AvgIpc) is 3.54. The molecule has 0 N–H and O–H groups in total. The number of hydrogen-bond acceptors (Lipinski definition) is 6. The second-order valence-electron chi connectivity index (χ2n) is 8.60. The molecular weight excluding hydrogens is 396 g/mol. The molecule has 0 unspecified atom stereocenters. The molecule has 2 aromatic rings. The fourth-order valence-electron chi connectivity index (χ4n) is 6.19. The van der Waals surface area contributed by atoms with E-state index in [0.29, 0.717) is 17.2 Å². The second kappa shape index (κ2) is 6.57. The van der Waals surface area contributed by atoms with Crippen molar-refractivity contribution in [3.63, 3.8) is 0 Å². The smallest absolute Gasteiger partial charge is 0.238 e. The number of methoxy groups -OCH3 is 2. The highest BCUT2D eigenvalue weighted by atomic mass is 16.6. The van der Waals surface area contributed by atoms with Crippen LogP contribution in [0.1, 0.15) is 12.0 Å². The minimum atomic E-state index is -0.328. The molecule has 0 radical (unpaired) electrons. The van der Waals surface area contributed by atoms with Crippen molar-refractivity contribution in [2.75, 3.05) is 19.1 Å². The molecule has 2 amide bonds. The minimum absolute atomic E-state index is 0.00402. The third-order valence-corrected chi connectivity index (χ3v) is 7.39. The van der Waals surface area contributed by atoms with Crippen molar-refractivity contribution in [1.29, 1.82) is 0 Å². The van der Waals surface area contributed by atoms with Gasteiger partial charge in [-0.25, -0.2) is 0 Å². The number of oxime groups is 1. The summed E-state index contributed by atoms with van der Waals surface area (Å²) in [5, 5.41) is 4.41. The molecule has 2 aliphatic heterocycles. The summed E-state index contributed by atoms with van der Waals surface area (Å²) in [6.07, 6.45) is 0.628. The molecule has 6 rings (SSSR count). The van der Waals surface area contributed by atoms with Gasteiger partial charge in [-0.05, 0) is 36.6 Å². The number of ether oxygens (including phenoxy) is 2. The molecule has 1 saturated heterocycles. The maximum atomic E-state index is 13.4. The van der Waals surface area contributed by atoms with Crippen molar-refractivity contribution in [1.82, 2.24) is 0 Å². The standard InChI is InChI=1S/C24H22N2O5/c1-29-13-8-9-14(17(10-13)30-2)21-20-15-11-16(22(20)31-25-21)19-18(15)23(27)26(24(19)28)12-6-4-3-5-7-12/h3-10,15-16,18-20,22H,11H2,1-2H3/t15-,16+,18+,19+,20-,22-/m1/s1. The lowest BCUT2D eigenvalue weighted by Gasteiger charge is -2.30. The maximum Gasteiger partial charge on any atom is 0.238 e. The molecule has 7 nitrogen and oxygen atoms in total. The van der Waals surface area contributed by atoms with E-state index < -0.39 is 0 Å². The quantitative estimate of drug-likeness (QED) is 0.714. The number of imide groups is 1. The van der Waals surface area contributed by atoms with Gasteiger partial charge in [0, 0.05) is 23.5 Å². The summed E-state index contributed by atoms with van der Waals surface area (Å²) in [6.45, 7) is 0. The summed E-state index contributed by atoms with van der Waals surface area (Å²) in [5.74, 6) is 0.490. The molecule has 2 bridgehead atoms. The predicted molar refractivity (Wildman–Crippen MR) is 112 cm³/mol. The maximum absolute atomic E-state index is 13.4. The summed E-state index contributed by atoms with van der Waals surface area (Å²) in [7, 11) is 3.22. The molecule has 7 heteroatoms. The molecule has 2 heterocycles. The fourth-order valence-corrected chi connectivity index (χ4v) is 6.19. The lowest BCUT2D eigenvalue weighted by molar-refractivity contribution is -0.125. The SMILES string of the molecule is COc1ccc(C2=NO[C@@H]3[C@H]4C[C@@H]([C@H]23)[C@@H]2C(=O)N(c3ccccc3)C(=O)[C@@H]42)c(OC)c1. The number of anilines is 1. The first-order valence-corrected chi connectivity index (χ1v) is 10.5. The van der Waals surface area contributed by atoms with Crippen molar-refractivity contribution in [3.05, 3.63) is 54.1 Å².